The number of nitrogen functional groups attached to an aromatic ring is 1. The van der Waals surface area contributed by atoms with Crippen molar-refractivity contribution in [3.63, 3.8) is 0 Å². The molecule has 1 heterocycles. The van der Waals surface area contributed by atoms with E-state index in [1.807, 2.05) is 12.1 Å². The summed E-state index contributed by atoms with van der Waals surface area (Å²) in [5.74, 6) is 1.04. The van der Waals surface area contributed by atoms with E-state index in [-0.39, 0.29) is 18.5 Å². The number of aromatic nitrogens is 2. The minimum atomic E-state index is 0.153. The number of aliphatic hydroxyl groups is 1. The number of halogens is 1. The molecule has 0 bridgehead atoms. The van der Waals surface area contributed by atoms with Gasteiger partial charge >= 0.3 is 0 Å². The lowest BCUT2D eigenvalue weighted by Crippen LogP contribution is -2.18. The van der Waals surface area contributed by atoms with E-state index in [1.165, 1.54) is 0 Å². The van der Waals surface area contributed by atoms with Crippen LogP contribution in [0, 0.1) is 5.92 Å². The van der Waals surface area contributed by atoms with Crippen LogP contribution in [0.1, 0.15) is 19.8 Å². The fourth-order valence-electron chi connectivity index (χ4n) is 2.18. The second-order valence-electron chi connectivity index (χ2n) is 4.78. The Morgan fingerprint density at radius 2 is 2.20 bits per heavy atom. The molecule has 6 heteroatoms. The van der Waals surface area contributed by atoms with Crippen LogP contribution in [-0.4, -0.2) is 28.2 Å². The van der Waals surface area contributed by atoms with Crippen molar-refractivity contribution in [3.8, 4) is 0 Å². The van der Waals surface area contributed by atoms with Crippen LogP contribution in [0.2, 0.25) is 5.02 Å². The highest BCUT2D eigenvalue weighted by Crippen LogP contribution is 2.27. The summed E-state index contributed by atoms with van der Waals surface area (Å²) >= 11 is 6.13. The zero-order valence-electron chi connectivity index (χ0n) is 11.4. The van der Waals surface area contributed by atoms with Gasteiger partial charge in [-0.15, -0.1) is 0 Å². The predicted molar refractivity (Wildman–Crippen MR) is 82.9 cm³/mol. The molecule has 4 N–H and O–H groups in total. The first-order chi connectivity index (χ1) is 9.65. The van der Waals surface area contributed by atoms with E-state index in [0.717, 1.165) is 18.2 Å². The molecule has 0 aliphatic rings. The maximum absolute atomic E-state index is 9.33. The van der Waals surface area contributed by atoms with Crippen molar-refractivity contribution < 1.29 is 5.11 Å². The van der Waals surface area contributed by atoms with Crippen molar-refractivity contribution in [2.75, 3.05) is 24.2 Å². The number of benzene rings is 1. The van der Waals surface area contributed by atoms with Gasteiger partial charge in [0.2, 0.25) is 5.95 Å². The number of nitrogens with one attached hydrogen (secondary N) is 1. The van der Waals surface area contributed by atoms with Crippen molar-refractivity contribution in [1.29, 1.82) is 0 Å². The Labute approximate surface area is 123 Å². The van der Waals surface area contributed by atoms with E-state index in [0.29, 0.717) is 22.9 Å². The van der Waals surface area contributed by atoms with Crippen molar-refractivity contribution in [2.45, 2.75) is 19.8 Å². The van der Waals surface area contributed by atoms with E-state index < -0.39 is 0 Å². The fraction of sp³-hybridized carbons (Fsp3) is 0.429. The number of rotatable bonds is 6. The van der Waals surface area contributed by atoms with Crippen molar-refractivity contribution in [2.24, 2.45) is 5.92 Å². The average molecular weight is 295 g/mol. The molecule has 0 radical (unpaired) electrons. The molecule has 0 fully saturated rings. The van der Waals surface area contributed by atoms with Crippen LogP contribution in [0.3, 0.4) is 0 Å². The van der Waals surface area contributed by atoms with E-state index in [2.05, 4.69) is 22.2 Å². The predicted octanol–water partition coefficient (Wildman–Crippen LogP) is 2.69. The van der Waals surface area contributed by atoms with Crippen LogP contribution in [0.5, 0.6) is 0 Å². The van der Waals surface area contributed by atoms with Crippen LogP contribution in [0.15, 0.2) is 18.2 Å². The fourth-order valence-corrected chi connectivity index (χ4v) is 2.39. The minimum absolute atomic E-state index is 0.153. The molecular formula is C14H19ClN4O. The summed E-state index contributed by atoms with van der Waals surface area (Å²) in [7, 11) is 0. The summed E-state index contributed by atoms with van der Waals surface area (Å²) in [6, 6.07) is 5.52. The number of hydrogen-bond donors (Lipinski definition) is 3. The lowest BCUT2D eigenvalue weighted by Gasteiger charge is -2.15. The maximum Gasteiger partial charge on any atom is 0.222 e. The summed E-state index contributed by atoms with van der Waals surface area (Å²) in [4.78, 5) is 8.39. The normalized spacial score (nSPS) is 12.6. The Morgan fingerprint density at radius 1 is 1.40 bits per heavy atom. The molecule has 108 valence electrons. The molecule has 0 saturated heterocycles. The molecule has 0 saturated carbocycles. The van der Waals surface area contributed by atoms with Gasteiger partial charge in [0.1, 0.15) is 5.82 Å². The number of anilines is 2. The Bertz CT molecular complexity index is 591. The van der Waals surface area contributed by atoms with Gasteiger partial charge in [-0.1, -0.05) is 31.0 Å². The van der Waals surface area contributed by atoms with Gasteiger partial charge in [0.05, 0.1) is 10.5 Å². The van der Waals surface area contributed by atoms with Crippen molar-refractivity contribution >= 4 is 34.3 Å². The lowest BCUT2D eigenvalue weighted by atomic mass is 10.1. The van der Waals surface area contributed by atoms with E-state index in [1.54, 1.807) is 6.07 Å². The third-order valence-corrected chi connectivity index (χ3v) is 3.51. The molecule has 1 aromatic carbocycles. The molecule has 0 spiro atoms. The summed E-state index contributed by atoms with van der Waals surface area (Å²) < 4.78 is 0. The van der Waals surface area contributed by atoms with Crippen LogP contribution >= 0.6 is 11.6 Å². The van der Waals surface area contributed by atoms with E-state index >= 15 is 0 Å². The third-order valence-electron chi connectivity index (χ3n) is 3.21. The molecule has 2 rings (SSSR count). The number of aliphatic hydroxyl groups excluding tert-OH is 1. The molecule has 20 heavy (non-hydrogen) atoms. The third kappa shape index (κ3) is 3.29. The van der Waals surface area contributed by atoms with Gasteiger partial charge in [0.25, 0.3) is 0 Å². The van der Waals surface area contributed by atoms with Gasteiger partial charge < -0.3 is 16.2 Å². The first kappa shape index (κ1) is 14.8. The summed E-state index contributed by atoms with van der Waals surface area (Å²) in [6.45, 7) is 2.89. The van der Waals surface area contributed by atoms with Crippen LogP contribution in [-0.2, 0) is 0 Å². The average Bonchev–Trinajstić information content (AvgIpc) is 2.44. The first-order valence-corrected chi connectivity index (χ1v) is 7.10. The maximum atomic E-state index is 9.33. The second-order valence-corrected chi connectivity index (χ2v) is 5.19. The molecule has 0 aliphatic heterocycles. The Morgan fingerprint density at radius 3 is 2.90 bits per heavy atom. The number of nitrogens with two attached hydrogens (primary N) is 1. The SMILES string of the molecule is CCC[C@@H](CO)CNc1nc(N)nc2c(Cl)cccc12. The number of nitrogens with zero attached hydrogens (tertiary/aromatic N) is 2. The highest BCUT2D eigenvalue weighted by atomic mass is 35.5. The lowest BCUT2D eigenvalue weighted by molar-refractivity contribution is 0.225. The molecule has 1 aromatic heterocycles. The van der Waals surface area contributed by atoms with Gasteiger partial charge in [0.15, 0.2) is 0 Å². The Hall–Kier alpha value is -1.59. The van der Waals surface area contributed by atoms with Crippen LogP contribution in [0.4, 0.5) is 11.8 Å². The van der Waals surface area contributed by atoms with Gasteiger partial charge in [-0.2, -0.15) is 4.98 Å². The number of para-hydroxylation sites is 1. The Balaban J connectivity index is 2.27. The monoisotopic (exact) mass is 294 g/mol. The molecule has 2 aromatic rings. The van der Waals surface area contributed by atoms with Gasteiger partial charge in [0, 0.05) is 18.5 Å². The minimum Gasteiger partial charge on any atom is -0.396 e. The molecule has 0 unspecified atom stereocenters. The van der Waals surface area contributed by atoms with E-state index in [9.17, 15) is 5.11 Å². The first-order valence-electron chi connectivity index (χ1n) is 6.72. The Kier molecular flexibility index (Phi) is 4.98. The standard InChI is InChI=1S/C14H19ClN4O/c1-2-4-9(8-20)7-17-13-10-5-3-6-11(15)12(10)18-14(16)19-13/h3,5-6,9,20H,2,4,7-8H2,1H3,(H3,16,17,18,19)/t9-/m1/s1. The molecular weight excluding hydrogens is 276 g/mol. The summed E-state index contributed by atoms with van der Waals surface area (Å²) in [5, 5.41) is 14.0. The van der Waals surface area contributed by atoms with Crippen LogP contribution in [0.25, 0.3) is 10.9 Å². The van der Waals surface area contributed by atoms with E-state index in [4.69, 9.17) is 17.3 Å². The smallest absolute Gasteiger partial charge is 0.222 e. The van der Waals surface area contributed by atoms with Crippen molar-refractivity contribution in [3.05, 3.63) is 23.2 Å². The number of hydrogen-bond acceptors (Lipinski definition) is 5. The van der Waals surface area contributed by atoms with Gasteiger partial charge in [-0.05, 0) is 24.5 Å². The summed E-state index contributed by atoms with van der Waals surface area (Å²) in [6.07, 6.45) is 1.99. The molecule has 5 nitrogen and oxygen atoms in total. The zero-order valence-corrected chi connectivity index (χ0v) is 12.2. The van der Waals surface area contributed by atoms with Crippen molar-refractivity contribution in [1.82, 2.24) is 9.97 Å². The molecule has 1 atom stereocenters. The molecule has 0 amide bonds. The summed E-state index contributed by atoms with van der Waals surface area (Å²) in [5.41, 5.74) is 6.36. The highest BCUT2D eigenvalue weighted by Gasteiger charge is 2.11. The largest absolute Gasteiger partial charge is 0.396 e. The van der Waals surface area contributed by atoms with Crippen LogP contribution < -0.4 is 11.1 Å². The van der Waals surface area contributed by atoms with Gasteiger partial charge in [-0.25, -0.2) is 4.98 Å². The quantitative estimate of drug-likeness (QED) is 0.763. The topological polar surface area (TPSA) is 84.1 Å². The zero-order chi connectivity index (χ0) is 14.5. The highest BCUT2D eigenvalue weighted by molar-refractivity contribution is 6.35. The molecule has 0 aliphatic carbocycles. The number of fused-ring (bicyclic) bond motifs is 1. The van der Waals surface area contributed by atoms with Gasteiger partial charge in [-0.3, -0.25) is 0 Å². The second kappa shape index (κ2) is 6.72.